The molecule has 0 radical (unpaired) electrons. The Kier molecular flexibility index (Phi) is 27.5. The van der Waals surface area contributed by atoms with E-state index in [4.69, 9.17) is 5.11 Å². The molecule has 0 spiro atoms. The van der Waals surface area contributed by atoms with Gasteiger partial charge >= 0.3 is 11.9 Å². The molecule has 24 heteroatoms. The Hall–Kier alpha value is -6.64. The summed E-state index contributed by atoms with van der Waals surface area (Å²) in [6.07, 6.45) is 4.82. The molecule has 7 N–H and O–H groups in total. The van der Waals surface area contributed by atoms with Crippen molar-refractivity contribution >= 4 is 85.1 Å². The van der Waals surface area contributed by atoms with E-state index in [2.05, 4.69) is 40.4 Å². The van der Waals surface area contributed by atoms with Crippen LogP contribution in [-0.2, 0) is 54.5 Å². The predicted octanol–water partition coefficient (Wildman–Crippen LogP) is 7.62. The minimum atomic E-state index is -1.41. The zero-order valence-electron chi connectivity index (χ0n) is 51.6. The molecule has 0 saturated carbocycles. The zero-order chi connectivity index (χ0) is 64.2. The summed E-state index contributed by atoms with van der Waals surface area (Å²) < 4.78 is 32.1. The van der Waals surface area contributed by atoms with Crippen molar-refractivity contribution in [2.24, 2.45) is 17.3 Å². The average molecular weight is 1250 g/mol. The van der Waals surface area contributed by atoms with Crippen LogP contribution >= 0.6 is 11.8 Å². The molecule has 476 valence electrons. The largest absolute Gasteiger partial charge is 0.481 e. The first-order valence-electron chi connectivity index (χ1n) is 30.5. The van der Waals surface area contributed by atoms with Crippen LogP contribution in [0.4, 0.5) is 8.78 Å². The van der Waals surface area contributed by atoms with Gasteiger partial charge in [0.2, 0.25) is 47.3 Å². The number of nitrogens with zero attached hydrogens (tertiary/aromatic N) is 3. The van der Waals surface area contributed by atoms with E-state index in [1.54, 1.807) is 31.0 Å². The summed E-state index contributed by atoms with van der Waals surface area (Å²) in [5.74, 6) is -7.33. The van der Waals surface area contributed by atoms with Gasteiger partial charge in [-0.3, -0.25) is 48.1 Å². The lowest BCUT2D eigenvalue weighted by Gasteiger charge is -2.41. The third-order valence-corrected chi connectivity index (χ3v) is 21.5. The van der Waals surface area contributed by atoms with Gasteiger partial charge in [-0.15, -0.1) is 10.6 Å². The number of nitrogens with one attached hydrogen (secondary N) is 5. The molecule has 2 aliphatic rings. The number of aromatic nitrogens is 1. The van der Waals surface area contributed by atoms with Crippen LogP contribution in [0.5, 0.6) is 0 Å². The molecule has 0 bridgehead atoms. The second-order valence-corrected chi connectivity index (χ2v) is 29.2. The maximum atomic E-state index is 15.5. The summed E-state index contributed by atoms with van der Waals surface area (Å²) in [6.45, 7) is 15.9. The number of hydrogen-bond donors (Lipinski definition) is 7. The van der Waals surface area contributed by atoms with Gasteiger partial charge in [-0.1, -0.05) is 102 Å². The Morgan fingerprint density at radius 1 is 0.782 bits per heavy atom. The van der Waals surface area contributed by atoms with Crippen LogP contribution in [-0.4, -0.2) is 154 Å². The van der Waals surface area contributed by atoms with Crippen molar-refractivity contribution < 1.29 is 66.9 Å². The second-order valence-electron chi connectivity index (χ2n) is 24.4. The van der Waals surface area contributed by atoms with Gasteiger partial charge in [0.15, 0.2) is 0 Å². The minimum absolute atomic E-state index is 0.00753. The van der Waals surface area contributed by atoms with E-state index >= 15 is 4.39 Å². The monoisotopic (exact) mass is 1250 g/mol. The van der Waals surface area contributed by atoms with Gasteiger partial charge in [0.05, 0.1) is 11.8 Å². The first-order chi connectivity index (χ1) is 41.2. The number of halogens is 2. The summed E-state index contributed by atoms with van der Waals surface area (Å²) in [7, 11) is 0. The third kappa shape index (κ3) is 21.0. The van der Waals surface area contributed by atoms with Crippen molar-refractivity contribution in [3.63, 3.8) is 0 Å². The number of likely N-dealkylation sites (tertiary alicyclic amines) is 1. The van der Waals surface area contributed by atoms with E-state index in [0.29, 0.717) is 50.0 Å². The number of imide groups is 1. The van der Waals surface area contributed by atoms with E-state index in [0.717, 1.165) is 36.6 Å². The highest BCUT2D eigenvalue weighted by molar-refractivity contribution is 7.99. The molecule has 2 aliphatic heterocycles. The number of carboxylic acids is 2. The lowest BCUT2D eigenvalue weighted by Crippen LogP contribution is -2.54. The quantitative estimate of drug-likeness (QED) is 0.0166. The molecule has 8 amide bonds. The summed E-state index contributed by atoms with van der Waals surface area (Å²) in [6, 6.07) is 10.4. The number of hydrogen-bond acceptors (Lipinski definition) is 11. The highest BCUT2D eigenvalue weighted by Crippen LogP contribution is 2.57. The highest BCUT2D eigenvalue weighted by atomic mass is 32.2. The molecule has 2 aromatic carbocycles. The summed E-state index contributed by atoms with van der Waals surface area (Å²) in [5.41, 5.74) is 1.24. The fourth-order valence-electron chi connectivity index (χ4n) is 11.7. The van der Waals surface area contributed by atoms with Gasteiger partial charge in [0.1, 0.15) is 29.8 Å². The number of carbonyl (C=O) groups is 10. The van der Waals surface area contributed by atoms with E-state index in [1.165, 1.54) is 34.2 Å². The Morgan fingerprint density at radius 2 is 1.47 bits per heavy atom. The summed E-state index contributed by atoms with van der Waals surface area (Å²) in [4.78, 5) is 132. The molecule has 20 nitrogen and oxygen atoms in total. The smallest absolute Gasteiger partial charge is 0.326 e. The first-order valence-corrected chi connectivity index (χ1v) is 33.9. The van der Waals surface area contributed by atoms with Crippen molar-refractivity contribution in [2.45, 2.75) is 178 Å². The standard InChI is InChI=1S/C61H85F2N8O12S.C2H4.Al/c1-9-41(10-2)45-34-52(75)71(59(45)81)29-16-12-15-20-50(73)68-55(38(3)4)58(80)66-39(5)57(79)65-27-17-30-70(53(76)37-84-31-26-49(72)64-28-25-51(74)67-47(60(82)83)23-24-54(77)78)56(61(6,7)8)48-32-42(44-33-43(62)21-22-46(44)63)36-69(48)35-40-18-13-11-14-19-40;1-2;/h11,13-14,18-19,21-22,32-33,36,38-39,45,47,55-56H,9-10,12,15-17,20,23-31,34-35,37H2,1-8H3,(H,64,72)(H,65,79)(H,66,80)(H,67,74)(H,68,73)(H,77,78)(H,82,83);1-2H2;/t39-,45?,47+,55-,56-;;/m0../s1. The Labute approximate surface area is 518 Å². The number of carboxylic acid groups (broad SMARTS) is 2. The zero-order valence-corrected chi connectivity index (χ0v) is 53.6. The van der Waals surface area contributed by atoms with E-state index in [1.807, 2.05) is 55.7 Å². The summed E-state index contributed by atoms with van der Waals surface area (Å²) in [5, 5.41) is 34.0. The van der Waals surface area contributed by atoms with Gasteiger partial charge < -0.3 is 46.3 Å². The van der Waals surface area contributed by atoms with Crippen LogP contribution in [0.15, 0.2) is 60.8 Å². The van der Waals surface area contributed by atoms with Crippen molar-refractivity contribution in [3.05, 3.63) is 83.7 Å². The van der Waals surface area contributed by atoms with E-state index in [9.17, 15) is 57.4 Å². The lowest BCUT2D eigenvalue weighted by molar-refractivity contribution is -0.143. The number of unbranched alkanes of at least 4 members (excludes halogenated alkanes) is 2. The Balaban J connectivity index is 1.20. The maximum absolute atomic E-state index is 15.5. The molecule has 2 saturated heterocycles. The molecule has 3 aromatic rings. The summed E-state index contributed by atoms with van der Waals surface area (Å²) >= 11 is 0.173. The minimum Gasteiger partial charge on any atom is -0.481 e. The van der Waals surface area contributed by atoms with Crippen LogP contribution < -0.4 is 26.6 Å². The molecular formula is C63H89AlF2N8O12S. The van der Waals surface area contributed by atoms with Crippen LogP contribution in [0, 0.1) is 28.9 Å². The van der Waals surface area contributed by atoms with Crippen LogP contribution in [0.25, 0.3) is 11.1 Å². The van der Waals surface area contributed by atoms with Gasteiger partial charge in [-0.25, -0.2) is 13.6 Å². The molecule has 5 rings (SSSR count). The highest BCUT2D eigenvalue weighted by Gasteiger charge is 2.58. The lowest BCUT2D eigenvalue weighted by atomic mass is 9.83. The Bertz CT molecular complexity index is 2900. The van der Waals surface area contributed by atoms with Gasteiger partial charge in [-0.05, 0) is 73.8 Å². The topological polar surface area (TPSA) is 283 Å². The van der Waals surface area contributed by atoms with E-state index < -0.39 is 97.4 Å². The van der Waals surface area contributed by atoms with E-state index in [-0.39, 0.29) is 109 Å². The number of rotatable bonds is 37. The van der Waals surface area contributed by atoms with Crippen molar-refractivity contribution in [1.29, 1.82) is 0 Å². The molecular weight excluding hydrogens is 1160 g/mol. The molecule has 2 fully saturated rings. The number of amides is 8. The van der Waals surface area contributed by atoms with Gasteiger partial charge in [0.25, 0.3) is 14.1 Å². The van der Waals surface area contributed by atoms with Crippen molar-refractivity contribution in [2.75, 3.05) is 37.7 Å². The fourth-order valence-corrected chi connectivity index (χ4v) is 16.4. The first kappa shape index (κ1) is 71.1. The van der Waals surface area contributed by atoms with Gasteiger partial charge in [0, 0.05) is 99.5 Å². The number of carbonyl (C=O) groups excluding carboxylic acids is 8. The van der Waals surface area contributed by atoms with Crippen molar-refractivity contribution in [1.82, 2.24) is 41.0 Å². The fraction of sp³-hybridized carbons (Fsp3) is 0.587. The Morgan fingerprint density at radius 3 is 2.10 bits per heavy atom. The normalized spacial score (nSPS) is 15.6. The molecule has 0 aliphatic carbocycles. The van der Waals surface area contributed by atoms with Crippen LogP contribution in [0.1, 0.15) is 150 Å². The second kappa shape index (κ2) is 33.6. The molecule has 87 heavy (non-hydrogen) atoms. The number of thioether (sulfide) groups is 1. The maximum Gasteiger partial charge on any atom is 0.326 e. The van der Waals surface area contributed by atoms with Gasteiger partial charge in [-0.2, -0.15) is 11.8 Å². The van der Waals surface area contributed by atoms with Crippen LogP contribution in [0.2, 0.25) is 14.8 Å². The number of benzene rings is 2. The van der Waals surface area contributed by atoms with Crippen molar-refractivity contribution in [3.8, 4) is 11.1 Å². The predicted molar refractivity (Wildman–Crippen MR) is 329 cm³/mol. The number of aliphatic carboxylic acids is 2. The molecule has 1 aromatic heterocycles. The average Bonchev–Trinajstić information content (AvgIpc) is 1.66. The molecule has 5 atom stereocenters. The SMILES string of the molecule is CC[C](CC)(C1CC(=O)N(CCCCCC(=O)N[C@H](C(=O)N[C@@H](C)C(=O)NCCCN(C(=O)CSCCC(=O)NCCC(=O)N[C@H](CCC(=O)O)C(=O)O)[C@@H](c2cc(-c3cc(F)ccc3F)cn2Cc2ccccc2)C(C)(C)C)C(C)C)C1=O)[Al]1[CH2][CH2]1. The van der Waals surface area contributed by atoms with Crippen LogP contribution in [0.3, 0.4) is 0 Å². The molecule has 3 heterocycles. The molecule has 1 unspecified atom stereocenters. The third-order valence-electron chi connectivity index (χ3n) is 16.6.